The Hall–Kier alpha value is -1.35. The van der Waals surface area contributed by atoms with Gasteiger partial charge in [0, 0.05) is 5.92 Å². The van der Waals surface area contributed by atoms with Gasteiger partial charge in [0.05, 0.1) is 6.04 Å². The smallest absolute Gasteiger partial charge is 0.186 e. The second-order valence-electron chi connectivity index (χ2n) is 5.59. The SMILES string of the molecule is Cc1ccccc1CC1COC(C2CCNCC2)=N1. The van der Waals surface area contributed by atoms with Crippen molar-refractivity contribution in [3.05, 3.63) is 35.4 Å². The molecule has 1 atom stereocenters. The highest BCUT2D eigenvalue weighted by Crippen LogP contribution is 2.22. The molecule has 2 aliphatic rings. The van der Waals surface area contributed by atoms with Crippen molar-refractivity contribution in [3.63, 3.8) is 0 Å². The summed E-state index contributed by atoms with van der Waals surface area (Å²) >= 11 is 0. The topological polar surface area (TPSA) is 33.6 Å². The fraction of sp³-hybridized carbons (Fsp3) is 0.562. The van der Waals surface area contributed by atoms with Gasteiger partial charge in [0.15, 0.2) is 5.90 Å². The number of nitrogens with one attached hydrogen (secondary N) is 1. The van der Waals surface area contributed by atoms with Crippen molar-refractivity contribution in [1.29, 1.82) is 0 Å². The van der Waals surface area contributed by atoms with Crippen LogP contribution in [0.3, 0.4) is 0 Å². The van der Waals surface area contributed by atoms with Crippen molar-refractivity contribution in [2.45, 2.75) is 32.2 Å². The molecule has 1 unspecified atom stereocenters. The molecule has 0 radical (unpaired) electrons. The first kappa shape index (κ1) is 12.7. The van der Waals surface area contributed by atoms with Crippen LogP contribution in [-0.2, 0) is 11.2 Å². The number of rotatable bonds is 3. The van der Waals surface area contributed by atoms with E-state index in [0.29, 0.717) is 12.0 Å². The molecule has 0 aliphatic carbocycles. The standard InChI is InChI=1S/C16H22N2O/c1-12-4-2-3-5-14(12)10-15-11-19-16(18-15)13-6-8-17-9-7-13/h2-5,13,15,17H,6-11H2,1H3. The van der Waals surface area contributed by atoms with Crippen LogP contribution in [0.1, 0.15) is 24.0 Å². The molecule has 3 heteroatoms. The van der Waals surface area contributed by atoms with E-state index in [1.54, 1.807) is 0 Å². The minimum atomic E-state index is 0.311. The lowest BCUT2D eigenvalue weighted by molar-refractivity contribution is 0.283. The third-order valence-corrected chi connectivity index (χ3v) is 4.14. The van der Waals surface area contributed by atoms with Crippen LogP contribution in [0.15, 0.2) is 29.3 Å². The van der Waals surface area contributed by atoms with Crippen molar-refractivity contribution < 1.29 is 4.74 Å². The molecule has 0 saturated carbocycles. The average molecular weight is 258 g/mol. The molecule has 1 aromatic carbocycles. The molecule has 0 aromatic heterocycles. The largest absolute Gasteiger partial charge is 0.478 e. The molecule has 1 saturated heterocycles. The molecule has 3 rings (SSSR count). The maximum absolute atomic E-state index is 5.84. The Morgan fingerprint density at radius 3 is 2.84 bits per heavy atom. The third kappa shape index (κ3) is 2.98. The normalized spacial score (nSPS) is 24.1. The number of hydrogen-bond donors (Lipinski definition) is 1. The molecule has 102 valence electrons. The maximum Gasteiger partial charge on any atom is 0.186 e. The van der Waals surface area contributed by atoms with Crippen LogP contribution in [0.5, 0.6) is 0 Å². The highest BCUT2D eigenvalue weighted by Gasteiger charge is 2.27. The number of piperidine rings is 1. The summed E-state index contributed by atoms with van der Waals surface area (Å²) in [5.74, 6) is 1.56. The average Bonchev–Trinajstić information content (AvgIpc) is 2.91. The van der Waals surface area contributed by atoms with Gasteiger partial charge in [0.2, 0.25) is 0 Å². The van der Waals surface area contributed by atoms with Crippen LogP contribution in [0.2, 0.25) is 0 Å². The van der Waals surface area contributed by atoms with Crippen molar-refractivity contribution >= 4 is 5.90 Å². The first-order valence-corrected chi connectivity index (χ1v) is 7.28. The van der Waals surface area contributed by atoms with E-state index in [9.17, 15) is 0 Å². The van der Waals surface area contributed by atoms with Crippen molar-refractivity contribution in [2.75, 3.05) is 19.7 Å². The number of nitrogens with zero attached hydrogens (tertiary/aromatic N) is 1. The monoisotopic (exact) mass is 258 g/mol. The molecule has 2 aliphatic heterocycles. The van der Waals surface area contributed by atoms with Crippen LogP contribution in [0.25, 0.3) is 0 Å². The Morgan fingerprint density at radius 1 is 1.26 bits per heavy atom. The maximum atomic E-state index is 5.84. The van der Waals surface area contributed by atoms with Gasteiger partial charge in [-0.1, -0.05) is 24.3 Å². The van der Waals surface area contributed by atoms with Gasteiger partial charge in [-0.15, -0.1) is 0 Å². The Bertz CT molecular complexity index is 464. The van der Waals surface area contributed by atoms with Crippen LogP contribution in [-0.4, -0.2) is 31.6 Å². The fourth-order valence-electron chi connectivity index (χ4n) is 2.93. The minimum Gasteiger partial charge on any atom is -0.478 e. The molecular formula is C16H22N2O. The van der Waals surface area contributed by atoms with Crippen molar-refractivity contribution in [1.82, 2.24) is 5.32 Å². The van der Waals surface area contributed by atoms with Crippen LogP contribution in [0, 0.1) is 12.8 Å². The zero-order chi connectivity index (χ0) is 13.1. The van der Waals surface area contributed by atoms with E-state index in [-0.39, 0.29) is 0 Å². The highest BCUT2D eigenvalue weighted by molar-refractivity contribution is 5.80. The summed E-state index contributed by atoms with van der Waals surface area (Å²) in [5.41, 5.74) is 2.75. The quantitative estimate of drug-likeness (QED) is 0.903. The summed E-state index contributed by atoms with van der Waals surface area (Å²) in [6.45, 7) is 5.11. The van der Waals surface area contributed by atoms with E-state index >= 15 is 0 Å². The van der Waals surface area contributed by atoms with Crippen molar-refractivity contribution in [2.24, 2.45) is 10.9 Å². The number of hydrogen-bond acceptors (Lipinski definition) is 3. The number of aliphatic imine (C=N–C) groups is 1. The summed E-state index contributed by atoms with van der Waals surface area (Å²) < 4.78 is 5.84. The van der Waals surface area contributed by atoms with Gasteiger partial charge in [-0.2, -0.15) is 0 Å². The molecule has 1 aromatic rings. The molecule has 2 heterocycles. The summed E-state index contributed by atoms with van der Waals surface area (Å²) in [4.78, 5) is 4.81. The van der Waals surface area contributed by atoms with Crippen LogP contribution >= 0.6 is 0 Å². The van der Waals surface area contributed by atoms with Crippen LogP contribution in [0.4, 0.5) is 0 Å². The Morgan fingerprint density at radius 2 is 2.05 bits per heavy atom. The second-order valence-corrected chi connectivity index (χ2v) is 5.59. The minimum absolute atomic E-state index is 0.311. The van der Waals surface area contributed by atoms with E-state index in [4.69, 9.17) is 9.73 Å². The lowest BCUT2D eigenvalue weighted by Crippen LogP contribution is -2.31. The van der Waals surface area contributed by atoms with Gasteiger partial charge in [-0.25, -0.2) is 4.99 Å². The van der Waals surface area contributed by atoms with Crippen molar-refractivity contribution in [3.8, 4) is 0 Å². The molecular weight excluding hydrogens is 236 g/mol. The third-order valence-electron chi connectivity index (χ3n) is 4.14. The predicted molar refractivity (Wildman–Crippen MR) is 77.7 cm³/mol. The number of ether oxygens (including phenoxy) is 1. The summed E-state index contributed by atoms with van der Waals surface area (Å²) in [6, 6.07) is 8.88. The van der Waals surface area contributed by atoms with Gasteiger partial charge in [-0.05, 0) is 50.4 Å². The molecule has 1 N–H and O–H groups in total. The zero-order valence-corrected chi connectivity index (χ0v) is 11.6. The molecule has 0 spiro atoms. The van der Waals surface area contributed by atoms with Gasteiger partial charge >= 0.3 is 0 Å². The fourth-order valence-corrected chi connectivity index (χ4v) is 2.93. The first-order valence-electron chi connectivity index (χ1n) is 7.28. The van der Waals surface area contributed by atoms with Gasteiger partial charge in [0.1, 0.15) is 6.61 Å². The highest BCUT2D eigenvalue weighted by atomic mass is 16.5. The molecule has 0 amide bonds. The molecule has 0 bridgehead atoms. The molecule has 19 heavy (non-hydrogen) atoms. The van der Waals surface area contributed by atoms with E-state index in [0.717, 1.165) is 44.9 Å². The second kappa shape index (κ2) is 5.74. The predicted octanol–water partition coefficient (Wildman–Crippen LogP) is 2.33. The van der Waals surface area contributed by atoms with Gasteiger partial charge < -0.3 is 10.1 Å². The van der Waals surface area contributed by atoms with Gasteiger partial charge in [0.25, 0.3) is 0 Å². The Balaban J connectivity index is 1.64. The van der Waals surface area contributed by atoms with E-state index in [2.05, 4.69) is 36.5 Å². The van der Waals surface area contributed by atoms with E-state index in [1.807, 2.05) is 0 Å². The Kier molecular flexibility index (Phi) is 3.83. The van der Waals surface area contributed by atoms with Crippen LogP contribution < -0.4 is 5.32 Å². The number of benzene rings is 1. The first-order chi connectivity index (χ1) is 9.33. The lowest BCUT2D eigenvalue weighted by atomic mass is 9.98. The number of aryl methyl sites for hydroxylation is 1. The molecule has 3 nitrogen and oxygen atoms in total. The lowest BCUT2D eigenvalue weighted by Gasteiger charge is -2.21. The summed E-state index contributed by atoms with van der Waals surface area (Å²) in [7, 11) is 0. The summed E-state index contributed by atoms with van der Waals surface area (Å²) in [6.07, 6.45) is 3.33. The van der Waals surface area contributed by atoms with Gasteiger partial charge in [-0.3, -0.25) is 0 Å². The summed E-state index contributed by atoms with van der Waals surface area (Å²) in [5, 5.41) is 3.39. The van der Waals surface area contributed by atoms with E-state index in [1.165, 1.54) is 11.1 Å². The zero-order valence-electron chi connectivity index (χ0n) is 11.6. The Labute approximate surface area is 115 Å². The van der Waals surface area contributed by atoms with E-state index < -0.39 is 0 Å². The molecule has 1 fully saturated rings.